The normalized spacial score (nSPS) is 10.1. The van der Waals surface area contributed by atoms with Crippen LogP contribution in [0.5, 0.6) is 5.75 Å². The Morgan fingerprint density at radius 1 is 1.33 bits per heavy atom. The van der Waals surface area contributed by atoms with Crippen molar-refractivity contribution in [3.05, 3.63) is 16.8 Å². The molecule has 0 aliphatic heterocycles. The van der Waals surface area contributed by atoms with Gasteiger partial charge >= 0.3 is 0 Å². The van der Waals surface area contributed by atoms with Crippen LogP contribution < -0.4 is 4.74 Å². The largest absolute Gasteiger partial charge is 0.490 e. The van der Waals surface area contributed by atoms with Crippen molar-refractivity contribution in [3.63, 3.8) is 0 Å². The minimum absolute atomic E-state index is 0.629. The van der Waals surface area contributed by atoms with Gasteiger partial charge in [0, 0.05) is 10.7 Å². The molecule has 4 heteroatoms. The number of rotatable bonds is 6. The van der Waals surface area contributed by atoms with Crippen molar-refractivity contribution in [2.24, 2.45) is 0 Å². The van der Waals surface area contributed by atoms with E-state index >= 15 is 0 Å². The van der Waals surface area contributed by atoms with E-state index in [1.165, 1.54) is 0 Å². The van der Waals surface area contributed by atoms with Crippen LogP contribution in [0.4, 0.5) is 0 Å². The Hall–Kier alpha value is -0.0600. The van der Waals surface area contributed by atoms with Crippen LogP contribution in [0.25, 0.3) is 0 Å². The van der Waals surface area contributed by atoms with E-state index in [-0.39, 0.29) is 0 Å². The van der Waals surface area contributed by atoms with Crippen molar-refractivity contribution in [1.29, 1.82) is 0 Å². The first-order valence-electron chi connectivity index (χ1n) is 3.72. The van der Waals surface area contributed by atoms with E-state index in [0.717, 1.165) is 17.7 Å². The topological polar surface area (TPSA) is 18.5 Å². The number of halogens is 1. The molecule has 1 heterocycles. The zero-order valence-corrected chi connectivity index (χ0v) is 9.07. The Bertz CT molecular complexity index is 189. The summed E-state index contributed by atoms with van der Waals surface area (Å²) in [7, 11) is 0. The van der Waals surface area contributed by atoms with Crippen LogP contribution in [0.3, 0.4) is 0 Å². The van der Waals surface area contributed by atoms with Gasteiger partial charge in [-0.3, -0.25) is 0 Å². The Labute approximate surface area is 84.6 Å². The number of hydrogen-bond donors (Lipinski definition) is 0. The molecule has 1 aromatic heterocycles. The van der Waals surface area contributed by atoms with Crippen molar-refractivity contribution in [2.75, 3.05) is 25.2 Å². The molecule has 0 spiro atoms. The van der Waals surface area contributed by atoms with E-state index in [9.17, 15) is 0 Å². The predicted octanol–water partition coefficient (Wildman–Crippen LogP) is 2.54. The monoisotopic (exact) mass is 250 g/mol. The van der Waals surface area contributed by atoms with Gasteiger partial charge in [-0.05, 0) is 11.4 Å². The lowest BCUT2D eigenvalue weighted by molar-refractivity contribution is 0.112. The third kappa shape index (κ3) is 4.09. The highest BCUT2D eigenvalue weighted by Gasteiger charge is 1.92. The molecule has 0 aromatic carbocycles. The van der Waals surface area contributed by atoms with Crippen LogP contribution in [-0.2, 0) is 4.74 Å². The van der Waals surface area contributed by atoms with Crippen molar-refractivity contribution in [3.8, 4) is 5.75 Å². The molecule has 0 saturated carbocycles. The molecule has 1 aromatic rings. The molecule has 0 N–H and O–H groups in total. The zero-order chi connectivity index (χ0) is 8.65. The summed E-state index contributed by atoms with van der Waals surface area (Å²) in [5.74, 6) is 0.933. The van der Waals surface area contributed by atoms with Gasteiger partial charge < -0.3 is 9.47 Å². The SMILES string of the molecule is BrCCOCCOc1ccsc1. The molecule has 0 saturated heterocycles. The predicted molar refractivity (Wildman–Crippen MR) is 54.4 cm³/mol. The Morgan fingerprint density at radius 3 is 2.92 bits per heavy atom. The first-order chi connectivity index (χ1) is 5.93. The second-order valence-electron chi connectivity index (χ2n) is 2.11. The minimum Gasteiger partial charge on any atom is -0.490 e. The molecule has 68 valence electrons. The quantitative estimate of drug-likeness (QED) is 0.571. The van der Waals surface area contributed by atoms with Crippen LogP contribution in [-0.4, -0.2) is 25.2 Å². The van der Waals surface area contributed by atoms with Crippen LogP contribution in [0.15, 0.2) is 16.8 Å². The van der Waals surface area contributed by atoms with Gasteiger partial charge in [-0.25, -0.2) is 0 Å². The third-order valence-corrected chi connectivity index (χ3v) is 2.20. The van der Waals surface area contributed by atoms with Gasteiger partial charge in [0.25, 0.3) is 0 Å². The molecule has 12 heavy (non-hydrogen) atoms. The van der Waals surface area contributed by atoms with E-state index < -0.39 is 0 Å². The fourth-order valence-electron chi connectivity index (χ4n) is 0.709. The van der Waals surface area contributed by atoms with Gasteiger partial charge in [-0.1, -0.05) is 15.9 Å². The molecule has 2 nitrogen and oxygen atoms in total. The summed E-state index contributed by atoms with van der Waals surface area (Å²) < 4.78 is 10.6. The highest BCUT2D eigenvalue weighted by Crippen LogP contribution is 2.14. The molecule has 0 amide bonds. The van der Waals surface area contributed by atoms with Gasteiger partial charge in [-0.15, -0.1) is 11.3 Å². The zero-order valence-electron chi connectivity index (χ0n) is 6.66. The molecule has 1 rings (SSSR count). The third-order valence-electron chi connectivity index (χ3n) is 1.21. The lowest BCUT2D eigenvalue weighted by atomic mass is 10.6. The summed E-state index contributed by atoms with van der Waals surface area (Å²) in [6.45, 7) is 2.03. The first-order valence-corrected chi connectivity index (χ1v) is 5.78. The molecule has 0 aliphatic rings. The lowest BCUT2D eigenvalue weighted by Crippen LogP contribution is -2.07. The summed E-state index contributed by atoms with van der Waals surface area (Å²) in [5, 5.41) is 4.85. The van der Waals surface area contributed by atoms with Crippen LogP contribution in [0.2, 0.25) is 0 Å². The average molecular weight is 251 g/mol. The van der Waals surface area contributed by atoms with Crippen LogP contribution >= 0.6 is 27.3 Å². The molecule has 0 unspecified atom stereocenters. The Kier molecular flexibility index (Phi) is 5.39. The number of alkyl halides is 1. The second-order valence-corrected chi connectivity index (χ2v) is 3.68. The van der Waals surface area contributed by atoms with E-state index in [1.807, 2.05) is 16.8 Å². The van der Waals surface area contributed by atoms with Gasteiger partial charge in [0.15, 0.2) is 0 Å². The molecular weight excluding hydrogens is 240 g/mol. The lowest BCUT2D eigenvalue weighted by Gasteiger charge is -2.03. The van der Waals surface area contributed by atoms with Crippen molar-refractivity contribution in [2.45, 2.75) is 0 Å². The molecule has 0 radical (unpaired) electrons. The van der Waals surface area contributed by atoms with Crippen LogP contribution in [0, 0.1) is 0 Å². The van der Waals surface area contributed by atoms with Gasteiger partial charge in [-0.2, -0.15) is 0 Å². The van der Waals surface area contributed by atoms with E-state index in [1.54, 1.807) is 11.3 Å². The summed E-state index contributed by atoms with van der Waals surface area (Å²) in [5.41, 5.74) is 0. The van der Waals surface area contributed by atoms with Gasteiger partial charge in [0.05, 0.1) is 13.2 Å². The van der Waals surface area contributed by atoms with Gasteiger partial charge in [0.1, 0.15) is 12.4 Å². The maximum atomic E-state index is 5.36. The smallest absolute Gasteiger partial charge is 0.130 e. The second kappa shape index (κ2) is 6.46. The summed E-state index contributed by atoms with van der Waals surface area (Å²) in [4.78, 5) is 0. The molecule has 0 aliphatic carbocycles. The van der Waals surface area contributed by atoms with E-state index in [4.69, 9.17) is 9.47 Å². The standard InChI is InChI=1S/C8H11BrO2S/c9-2-3-10-4-5-11-8-1-6-12-7-8/h1,6-7H,2-5H2. The van der Waals surface area contributed by atoms with Crippen molar-refractivity contribution >= 4 is 27.3 Å². The highest BCUT2D eigenvalue weighted by atomic mass is 79.9. The summed E-state index contributed by atoms with van der Waals surface area (Å²) in [6.07, 6.45) is 0. The molecule has 0 fully saturated rings. The highest BCUT2D eigenvalue weighted by molar-refractivity contribution is 9.09. The maximum absolute atomic E-state index is 5.36. The number of ether oxygens (including phenoxy) is 2. The van der Waals surface area contributed by atoms with E-state index in [0.29, 0.717) is 13.2 Å². The molecule has 0 atom stereocenters. The van der Waals surface area contributed by atoms with Gasteiger partial charge in [0.2, 0.25) is 0 Å². The van der Waals surface area contributed by atoms with Crippen molar-refractivity contribution < 1.29 is 9.47 Å². The minimum atomic E-state index is 0.629. The molecule has 0 bridgehead atoms. The van der Waals surface area contributed by atoms with Crippen LogP contribution in [0.1, 0.15) is 0 Å². The Morgan fingerprint density at radius 2 is 2.25 bits per heavy atom. The Balaban J connectivity index is 1.96. The molecular formula is C8H11BrO2S. The van der Waals surface area contributed by atoms with E-state index in [2.05, 4.69) is 15.9 Å². The number of thiophene rings is 1. The fourth-order valence-corrected chi connectivity index (χ4v) is 1.51. The van der Waals surface area contributed by atoms with Crippen molar-refractivity contribution in [1.82, 2.24) is 0 Å². The fraction of sp³-hybridized carbons (Fsp3) is 0.500. The summed E-state index contributed by atoms with van der Waals surface area (Å²) >= 11 is 4.91. The maximum Gasteiger partial charge on any atom is 0.130 e. The summed E-state index contributed by atoms with van der Waals surface area (Å²) in [6, 6.07) is 1.95. The number of hydrogen-bond acceptors (Lipinski definition) is 3. The average Bonchev–Trinajstić information content (AvgIpc) is 2.57. The first kappa shape index (κ1) is 10.0.